The molecule has 8 heteroatoms. The number of rotatable bonds is 69. The first kappa shape index (κ1) is 78.3. The van der Waals surface area contributed by atoms with E-state index in [1.54, 1.807) is 0 Å². The number of unbranched alkanes of at least 4 members (excludes halogenated alkanes) is 54. The first-order chi connectivity index (χ1) is 39.4. The summed E-state index contributed by atoms with van der Waals surface area (Å²) in [6, 6.07) is 0. The largest absolute Gasteiger partial charge is 0.436 e. The number of ether oxygens (including phenoxy) is 4. The van der Waals surface area contributed by atoms with Crippen molar-refractivity contribution in [3.8, 4) is 0 Å². The third kappa shape index (κ3) is 65.5. The van der Waals surface area contributed by atoms with Crippen molar-refractivity contribution >= 4 is 17.9 Å². The Hall–Kier alpha value is -1.67. The lowest BCUT2D eigenvalue weighted by Gasteiger charge is -2.19. The van der Waals surface area contributed by atoms with Crippen molar-refractivity contribution in [3.05, 3.63) is 0 Å². The fraction of sp³-hybridized carbons (Fsp3) is 0.958. The van der Waals surface area contributed by atoms with Gasteiger partial charge in [-0.1, -0.05) is 367 Å². The Balaban J connectivity index is 4.31. The van der Waals surface area contributed by atoms with Gasteiger partial charge in [0.1, 0.15) is 0 Å². The molecule has 0 amide bonds. The van der Waals surface area contributed by atoms with Crippen molar-refractivity contribution in [3.63, 3.8) is 0 Å². The van der Waals surface area contributed by atoms with Gasteiger partial charge in [-0.2, -0.15) is 0 Å². The summed E-state index contributed by atoms with van der Waals surface area (Å²) < 4.78 is 22.4. The Labute approximate surface area is 498 Å². The zero-order valence-electron chi connectivity index (χ0n) is 54.2. The van der Waals surface area contributed by atoms with E-state index in [2.05, 4.69) is 20.8 Å². The van der Waals surface area contributed by atoms with Crippen LogP contribution in [0.4, 0.5) is 0 Å². The summed E-state index contributed by atoms with van der Waals surface area (Å²) in [5.74, 6) is -1.06. The molecule has 0 aromatic carbocycles. The SMILES string of the molecule is CCCCCCCCCCCCCCCCCCCCCC(=O)OC(O)CCOCCC(OC(=O)CCCCCCCCCCCCCCCCCCCCC)OC(=O)CCCCCCCCCCCCCCCCCCCCC. The van der Waals surface area contributed by atoms with E-state index >= 15 is 0 Å². The van der Waals surface area contributed by atoms with Gasteiger partial charge in [-0.05, 0) is 19.3 Å². The molecule has 476 valence electrons. The zero-order chi connectivity index (χ0) is 58.0. The number of hydrogen-bond acceptors (Lipinski definition) is 8. The van der Waals surface area contributed by atoms with E-state index in [1.165, 1.54) is 308 Å². The second-order valence-corrected chi connectivity index (χ2v) is 24.9. The van der Waals surface area contributed by atoms with Crippen LogP contribution < -0.4 is 0 Å². The second-order valence-electron chi connectivity index (χ2n) is 24.9. The maximum atomic E-state index is 12.9. The number of carbonyl (C=O) groups is 3. The number of aliphatic hydroxyl groups is 1. The van der Waals surface area contributed by atoms with Crippen LogP contribution in [0.15, 0.2) is 0 Å². The molecule has 0 rings (SSSR count). The van der Waals surface area contributed by atoms with Crippen LogP contribution in [0.2, 0.25) is 0 Å². The van der Waals surface area contributed by atoms with E-state index < -0.39 is 12.6 Å². The molecular formula is C72H140O8. The van der Waals surface area contributed by atoms with E-state index in [-0.39, 0.29) is 44.0 Å². The molecule has 80 heavy (non-hydrogen) atoms. The minimum Gasteiger partial charge on any atom is -0.436 e. The van der Waals surface area contributed by atoms with Crippen molar-refractivity contribution in [2.75, 3.05) is 13.2 Å². The van der Waals surface area contributed by atoms with Crippen molar-refractivity contribution in [1.82, 2.24) is 0 Å². The van der Waals surface area contributed by atoms with Gasteiger partial charge in [0.2, 0.25) is 12.6 Å². The predicted octanol–water partition coefficient (Wildman–Crippen LogP) is 23.5. The third-order valence-corrected chi connectivity index (χ3v) is 16.8. The van der Waals surface area contributed by atoms with Crippen LogP contribution in [-0.4, -0.2) is 48.8 Å². The van der Waals surface area contributed by atoms with Crippen LogP contribution >= 0.6 is 0 Å². The van der Waals surface area contributed by atoms with E-state index in [9.17, 15) is 19.5 Å². The van der Waals surface area contributed by atoms with Crippen molar-refractivity contribution in [2.45, 2.75) is 431 Å². The molecule has 0 bridgehead atoms. The molecule has 1 atom stereocenters. The van der Waals surface area contributed by atoms with Gasteiger partial charge in [-0.25, -0.2) is 0 Å². The van der Waals surface area contributed by atoms with Crippen molar-refractivity contribution < 1.29 is 38.4 Å². The Morgan fingerprint density at radius 2 is 0.425 bits per heavy atom. The van der Waals surface area contributed by atoms with Gasteiger partial charge in [0.15, 0.2) is 0 Å². The highest BCUT2D eigenvalue weighted by molar-refractivity contribution is 5.71. The molecule has 0 aliphatic rings. The van der Waals surface area contributed by atoms with Crippen LogP contribution in [0.25, 0.3) is 0 Å². The molecule has 1 unspecified atom stereocenters. The summed E-state index contributed by atoms with van der Waals surface area (Å²) in [7, 11) is 0. The van der Waals surface area contributed by atoms with Crippen LogP contribution in [0.1, 0.15) is 419 Å². The molecule has 0 aromatic rings. The van der Waals surface area contributed by atoms with Gasteiger partial charge in [-0.15, -0.1) is 0 Å². The normalized spacial score (nSPS) is 12.0. The molecule has 0 saturated heterocycles. The Morgan fingerprint density at radius 3 is 0.637 bits per heavy atom. The molecule has 0 aromatic heterocycles. The van der Waals surface area contributed by atoms with Gasteiger partial charge in [0.05, 0.1) is 13.2 Å². The van der Waals surface area contributed by atoms with E-state index in [4.69, 9.17) is 18.9 Å². The fourth-order valence-electron chi connectivity index (χ4n) is 11.3. The molecule has 1 N–H and O–H groups in total. The predicted molar refractivity (Wildman–Crippen MR) is 342 cm³/mol. The standard InChI is InChI=1S/C72H140O8/c1-4-7-10-13-16-19-22-25-28-31-34-37-40-43-46-49-52-55-58-61-68(73)78-71(76)64-66-77-67-65-72(79-69(74)62-59-56-53-50-47-44-41-38-35-32-29-26-23-20-17-14-11-8-5-2)80-70(75)63-60-57-54-51-48-45-42-39-36-33-30-27-24-21-18-15-12-9-6-3/h71-72,76H,4-67H2,1-3H3. The monoisotopic (exact) mass is 1130 g/mol. The topological polar surface area (TPSA) is 108 Å². The highest BCUT2D eigenvalue weighted by Crippen LogP contribution is 2.20. The lowest BCUT2D eigenvalue weighted by Crippen LogP contribution is -2.26. The molecule has 0 fully saturated rings. The van der Waals surface area contributed by atoms with Gasteiger partial charge >= 0.3 is 17.9 Å². The van der Waals surface area contributed by atoms with Gasteiger partial charge < -0.3 is 24.1 Å². The Bertz CT molecular complexity index is 1170. The minimum atomic E-state index is -1.23. The average Bonchev–Trinajstić information content (AvgIpc) is 3.44. The number of hydrogen-bond donors (Lipinski definition) is 1. The van der Waals surface area contributed by atoms with Crippen molar-refractivity contribution in [1.29, 1.82) is 0 Å². The molecule has 0 aliphatic heterocycles. The smallest absolute Gasteiger partial charge is 0.308 e. The minimum absolute atomic E-state index is 0.147. The van der Waals surface area contributed by atoms with Gasteiger partial charge in [0, 0.05) is 32.1 Å². The maximum absolute atomic E-state index is 12.9. The summed E-state index contributed by atoms with van der Waals surface area (Å²) in [6.07, 6.45) is 73.4. The second kappa shape index (κ2) is 68.1. The molecule has 8 nitrogen and oxygen atoms in total. The number of aliphatic hydroxyl groups excluding tert-OH is 1. The highest BCUT2D eigenvalue weighted by atomic mass is 16.7. The van der Waals surface area contributed by atoms with Crippen LogP contribution in [0, 0.1) is 0 Å². The molecule has 0 heterocycles. The van der Waals surface area contributed by atoms with Crippen LogP contribution in [-0.2, 0) is 33.3 Å². The first-order valence-electron chi connectivity index (χ1n) is 36.3. The summed E-state index contributed by atoms with van der Waals surface area (Å²) >= 11 is 0. The lowest BCUT2D eigenvalue weighted by molar-refractivity contribution is -0.191. The number of esters is 3. The quantitative estimate of drug-likeness (QED) is 0.0364. The maximum Gasteiger partial charge on any atom is 0.308 e. The molecule has 0 aliphatic carbocycles. The molecule has 0 radical (unpaired) electrons. The lowest BCUT2D eigenvalue weighted by atomic mass is 10.0. The summed E-state index contributed by atoms with van der Waals surface area (Å²) in [5, 5.41) is 10.4. The average molecular weight is 1130 g/mol. The zero-order valence-corrected chi connectivity index (χ0v) is 54.2. The number of carbonyl (C=O) groups excluding carboxylic acids is 3. The third-order valence-electron chi connectivity index (χ3n) is 16.8. The van der Waals surface area contributed by atoms with E-state index in [0.717, 1.165) is 57.8 Å². The van der Waals surface area contributed by atoms with E-state index in [0.29, 0.717) is 19.3 Å². The molecule has 0 saturated carbocycles. The molecular weight excluding hydrogens is 993 g/mol. The van der Waals surface area contributed by atoms with Crippen LogP contribution in [0.5, 0.6) is 0 Å². The van der Waals surface area contributed by atoms with Gasteiger partial charge in [0.25, 0.3) is 0 Å². The summed E-state index contributed by atoms with van der Waals surface area (Å²) in [5.41, 5.74) is 0. The fourth-order valence-corrected chi connectivity index (χ4v) is 11.3. The van der Waals surface area contributed by atoms with E-state index in [1.807, 2.05) is 0 Å². The van der Waals surface area contributed by atoms with Gasteiger partial charge in [-0.3, -0.25) is 14.4 Å². The Kier molecular flexibility index (Phi) is 66.7. The van der Waals surface area contributed by atoms with Crippen molar-refractivity contribution in [2.24, 2.45) is 0 Å². The summed E-state index contributed by atoms with van der Waals surface area (Å²) in [6.45, 7) is 7.21. The Morgan fingerprint density at radius 1 is 0.250 bits per heavy atom. The first-order valence-corrected chi connectivity index (χ1v) is 36.3. The molecule has 0 spiro atoms. The summed E-state index contributed by atoms with van der Waals surface area (Å²) in [4.78, 5) is 38.3. The highest BCUT2D eigenvalue weighted by Gasteiger charge is 2.20. The van der Waals surface area contributed by atoms with Crippen LogP contribution in [0.3, 0.4) is 0 Å².